The van der Waals surface area contributed by atoms with Crippen LogP contribution in [0.4, 0.5) is 0 Å². The van der Waals surface area contributed by atoms with Gasteiger partial charge in [0.2, 0.25) is 0 Å². The van der Waals surface area contributed by atoms with E-state index in [1.54, 1.807) is 0 Å². The molecular formula is C22H41NO. The predicted molar refractivity (Wildman–Crippen MR) is 106 cm³/mol. The number of unbranched alkanes of at least 4 members (excludes halogenated alkanes) is 4. The van der Waals surface area contributed by atoms with Gasteiger partial charge in [-0.15, -0.1) is 0 Å². The molecular weight excluding hydrogens is 294 g/mol. The fourth-order valence-corrected chi connectivity index (χ4v) is 3.57. The maximum absolute atomic E-state index is 2.34. The Kier molecular flexibility index (Phi) is 14.0. The topological polar surface area (TPSA) is 30.0 Å². The van der Waals surface area contributed by atoms with Gasteiger partial charge >= 0.3 is 0 Å². The van der Waals surface area contributed by atoms with E-state index in [-0.39, 0.29) is 5.48 Å². The number of hydrogen-bond donors (Lipinski definition) is 0. The lowest BCUT2D eigenvalue weighted by Crippen LogP contribution is -2.50. The van der Waals surface area contributed by atoms with Gasteiger partial charge in [0.05, 0.1) is 26.2 Å². The summed E-state index contributed by atoms with van der Waals surface area (Å²) in [5, 5.41) is 0. The van der Waals surface area contributed by atoms with Crippen molar-refractivity contribution in [2.24, 2.45) is 0 Å². The Bertz CT molecular complexity index is 355. The summed E-state index contributed by atoms with van der Waals surface area (Å²) >= 11 is 0. The Hall–Kier alpha value is -0.860. The molecule has 1 rings (SSSR count). The van der Waals surface area contributed by atoms with Crippen LogP contribution in [0.2, 0.25) is 0 Å². The van der Waals surface area contributed by atoms with Crippen LogP contribution in [0.5, 0.6) is 0 Å². The molecule has 1 aromatic rings. The van der Waals surface area contributed by atoms with Crippen LogP contribution >= 0.6 is 0 Å². The molecule has 2 heteroatoms. The van der Waals surface area contributed by atoms with E-state index in [0.717, 1.165) is 0 Å². The first-order valence-corrected chi connectivity index (χ1v) is 10.2. The van der Waals surface area contributed by atoms with Crippen LogP contribution in [0.15, 0.2) is 30.3 Å². The van der Waals surface area contributed by atoms with Gasteiger partial charge in [-0.25, -0.2) is 0 Å². The monoisotopic (exact) mass is 335 g/mol. The third kappa shape index (κ3) is 9.44. The van der Waals surface area contributed by atoms with Gasteiger partial charge in [-0.2, -0.15) is 0 Å². The predicted octanol–water partition coefficient (Wildman–Crippen LogP) is 6.05. The minimum Gasteiger partial charge on any atom is -0.870 e. The molecule has 0 spiro atoms. The van der Waals surface area contributed by atoms with E-state index in [4.69, 9.17) is 0 Å². The van der Waals surface area contributed by atoms with Crippen LogP contribution in [0, 0.1) is 0 Å². The summed E-state index contributed by atoms with van der Waals surface area (Å²) in [6.45, 7) is 12.6. The molecule has 0 radical (unpaired) electrons. The molecule has 0 aliphatic carbocycles. The molecule has 0 bridgehead atoms. The average molecular weight is 336 g/mol. The molecule has 0 aliphatic rings. The first kappa shape index (κ1) is 23.1. The zero-order chi connectivity index (χ0) is 16.8. The Morgan fingerprint density at radius 1 is 0.625 bits per heavy atom. The number of aryl methyl sites for hydroxylation is 1. The van der Waals surface area contributed by atoms with Crippen molar-refractivity contribution in [3.63, 3.8) is 0 Å². The summed E-state index contributed by atoms with van der Waals surface area (Å²) in [4.78, 5) is 0. The molecule has 2 nitrogen and oxygen atoms in total. The summed E-state index contributed by atoms with van der Waals surface area (Å²) in [6.07, 6.45) is 12.2. The van der Waals surface area contributed by atoms with E-state index in [0.29, 0.717) is 0 Å². The van der Waals surface area contributed by atoms with Crippen molar-refractivity contribution in [1.82, 2.24) is 0 Å². The molecule has 0 unspecified atom stereocenters. The summed E-state index contributed by atoms with van der Waals surface area (Å²) in [6, 6.07) is 11.0. The van der Waals surface area contributed by atoms with E-state index in [1.807, 2.05) is 0 Å². The second-order valence-electron chi connectivity index (χ2n) is 7.24. The number of nitrogens with zero attached hydrogens (tertiary/aromatic N) is 1. The van der Waals surface area contributed by atoms with Crippen LogP contribution < -0.4 is 0 Å². The normalized spacial score (nSPS) is 11.3. The summed E-state index contributed by atoms with van der Waals surface area (Å²) in [7, 11) is 0. The molecule has 0 fully saturated rings. The third-order valence-electron chi connectivity index (χ3n) is 5.15. The molecule has 0 heterocycles. The highest BCUT2D eigenvalue weighted by molar-refractivity contribution is 5.14. The van der Waals surface area contributed by atoms with Gasteiger partial charge in [0.25, 0.3) is 0 Å². The van der Waals surface area contributed by atoms with Crippen molar-refractivity contribution in [2.45, 2.75) is 78.6 Å². The van der Waals surface area contributed by atoms with Crippen molar-refractivity contribution in [2.75, 3.05) is 26.2 Å². The molecule has 0 saturated carbocycles. The van der Waals surface area contributed by atoms with Crippen LogP contribution in [0.1, 0.15) is 77.7 Å². The molecule has 0 aromatic heterocycles. The van der Waals surface area contributed by atoms with Gasteiger partial charge in [-0.3, -0.25) is 0 Å². The van der Waals surface area contributed by atoms with Crippen molar-refractivity contribution in [3.05, 3.63) is 35.9 Å². The van der Waals surface area contributed by atoms with Gasteiger partial charge in [0.1, 0.15) is 0 Å². The zero-order valence-corrected chi connectivity index (χ0v) is 16.5. The van der Waals surface area contributed by atoms with Crippen molar-refractivity contribution in [1.29, 1.82) is 0 Å². The average Bonchev–Trinajstić information content (AvgIpc) is 2.60. The first-order valence-electron chi connectivity index (χ1n) is 10.2. The highest BCUT2D eigenvalue weighted by atomic mass is 16.0. The number of quaternary nitrogens is 1. The van der Waals surface area contributed by atoms with Gasteiger partial charge in [-0.05, 0) is 44.1 Å². The lowest BCUT2D eigenvalue weighted by molar-refractivity contribution is -0.929. The van der Waals surface area contributed by atoms with Gasteiger partial charge < -0.3 is 9.96 Å². The molecule has 1 aromatic carbocycles. The fraction of sp³-hybridized carbons (Fsp3) is 0.727. The highest BCUT2D eigenvalue weighted by Gasteiger charge is 2.24. The number of rotatable bonds is 14. The lowest BCUT2D eigenvalue weighted by atomic mass is 10.1. The van der Waals surface area contributed by atoms with Crippen LogP contribution in [-0.4, -0.2) is 36.1 Å². The molecule has 0 atom stereocenters. The third-order valence-corrected chi connectivity index (χ3v) is 5.15. The smallest absolute Gasteiger partial charge is 0.0786 e. The van der Waals surface area contributed by atoms with Gasteiger partial charge in [0, 0.05) is 0 Å². The van der Waals surface area contributed by atoms with Gasteiger partial charge in [-0.1, -0.05) is 70.4 Å². The Morgan fingerprint density at radius 2 is 1.08 bits per heavy atom. The van der Waals surface area contributed by atoms with Crippen LogP contribution in [-0.2, 0) is 6.42 Å². The SMILES string of the molecule is CCCC[N+](CCCC)(CCCC)CCCCc1ccccc1.[OH-]. The van der Waals surface area contributed by atoms with Gasteiger partial charge in [0.15, 0.2) is 0 Å². The lowest BCUT2D eigenvalue weighted by Gasteiger charge is -2.39. The van der Waals surface area contributed by atoms with Crippen LogP contribution in [0.3, 0.4) is 0 Å². The second-order valence-corrected chi connectivity index (χ2v) is 7.24. The maximum atomic E-state index is 2.34. The van der Waals surface area contributed by atoms with E-state index in [1.165, 1.54) is 94.0 Å². The summed E-state index contributed by atoms with van der Waals surface area (Å²) < 4.78 is 1.39. The Labute approximate surface area is 151 Å². The van der Waals surface area contributed by atoms with E-state index in [2.05, 4.69) is 51.1 Å². The highest BCUT2D eigenvalue weighted by Crippen LogP contribution is 2.17. The van der Waals surface area contributed by atoms with Crippen molar-refractivity contribution >= 4 is 0 Å². The fourth-order valence-electron chi connectivity index (χ4n) is 3.57. The Balaban J connectivity index is 0.00000529. The second kappa shape index (κ2) is 14.5. The summed E-state index contributed by atoms with van der Waals surface area (Å²) in [5.41, 5.74) is 1.50. The van der Waals surface area contributed by atoms with E-state index >= 15 is 0 Å². The van der Waals surface area contributed by atoms with Crippen molar-refractivity contribution in [3.8, 4) is 0 Å². The quantitative estimate of drug-likeness (QED) is 0.300. The van der Waals surface area contributed by atoms with Crippen LogP contribution in [0.25, 0.3) is 0 Å². The standard InChI is InChI=1S/C22H40N.H2O/c1-4-7-18-23(19-8-5-2,20-9-6-3)21-14-13-17-22-15-11-10-12-16-22;/h10-12,15-16H,4-9,13-14,17-21H2,1-3H3;1H2/q+1;/p-1. The minimum atomic E-state index is 0. The molecule has 0 aliphatic heterocycles. The maximum Gasteiger partial charge on any atom is 0.0786 e. The molecule has 24 heavy (non-hydrogen) atoms. The summed E-state index contributed by atoms with van der Waals surface area (Å²) in [5.74, 6) is 0. The van der Waals surface area contributed by atoms with E-state index in [9.17, 15) is 0 Å². The number of hydrogen-bond acceptors (Lipinski definition) is 1. The Morgan fingerprint density at radius 3 is 1.54 bits per heavy atom. The van der Waals surface area contributed by atoms with E-state index < -0.39 is 0 Å². The molecule has 140 valence electrons. The minimum absolute atomic E-state index is 0. The molecule has 0 saturated heterocycles. The zero-order valence-electron chi connectivity index (χ0n) is 16.5. The molecule has 0 amide bonds. The largest absolute Gasteiger partial charge is 0.870 e. The van der Waals surface area contributed by atoms with Crippen molar-refractivity contribution < 1.29 is 9.96 Å². The number of benzene rings is 1. The molecule has 1 N–H and O–H groups in total. The first-order chi connectivity index (χ1) is 11.3.